The van der Waals surface area contributed by atoms with Gasteiger partial charge in [0.25, 0.3) is 0 Å². The Hall–Kier alpha value is -0.920. The van der Waals surface area contributed by atoms with E-state index in [0.29, 0.717) is 5.56 Å². The van der Waals surface area contributed by atoms with Gasteiger partial charge in [-0.25, -0.2) is 16.8 Å². The largest absolute Gasteiger partial charge is 0.391 e. The first-order chi connectivity index (χ1) is 9.84. The fourth-order valence-corrected chi connectivity index (χ4v) is 7.35. The molecule has 0 saturated carbocycles. The molecule has 2 rings (SSSR count). The summed E-state index contributed by atoms with van der Waals surface area (Å²) in [6.07, 6.45) is -1.37. The molecular formula is C15H22O5S2. The molecule has 1 heterocycles. The van der Waals surface area contributed by atoms with Gasteiger partial charge in [-0.3, -0.25) is 0 Å². The fourth-order valence-electron chi connectivity index (χ4n) is 2.63. The average Bonchev–Trinajstić information content (AvgIpc) is 2.62. The SMILES string of the molecule is Cc1ccc(C(C)(C)C)cc1S(=O)(=O)[C@@H]1CS(=O)(=O)C[C@@H]1O. The standard InChI is InChI=1S/C15H22O5S2/c1-10-5-6-11(15(2,3)4)7-13(10)22(19,20)14-9-21(17,18)8-12(14)16/h5-7,12,14,16H,8-9H2,1-4H3/t12-,14+/m0/s1. The molecule has 1 saturated heterocycles. The van der Waals surface area contributed by atoms with Crippen molar-refractivity contribution in [3.8, 4) is 0 Å². The van der Waals surface area contributed by atoms with Crippen molar-refractivity contribution in [1.82, 2.24) is 0 Å². The van der Waals surface area contributed by atoms with Crippen LogP contribution in [0.3, 0.4) is 0 Å². The Morgan fingerprint density at radius 2 is 1.77 bits per heavy atom. The van der Waals surface area contributed by atoms with E-state index in [-0.39, 0.29) is 10.3 Å². The van der Waals surface area contributed by atoms with Gasteiger partial charge in [0, 0.05) is 0 Å². The smallest absolute Gasteiger partial charge is 0.185 e. The Labute approximate surface area is 132 Å². The van der Waals surface area contributed by atoms with E-state index in [0.717, 1.165) is 5.56 Å². The van der Waals surface area contributed by atoms with E-state index < -0.39 is 42.5 Å². The maximum Gasteiger partial charge on any atom is 0.185 e. The molecular weight excluding hydrogens is 324 g/mol. The molecule has 0 radical (unpaired) electrons. The van der Waals surface area contributed by atoms with Crippen molar-refractivity contribution in [2.45, 2.75) is 49.4 Å². The molecule has 7 heteroatoms. The summed E-state index contributed by atoms with van der Waals surface area (Å²) in [6.45, 7) is 7.60. The quantitative estimate of drug-likeness (QED) is 0.870. The van der Waals surface area contributed by atoms with Crippen molar-refractivity contribution in [3.63, 3.8) is 0 Å². The van der Waals surface area contributed by atoms with E-state index in [1.807, 2.05) is 26.8 Å². The molecule has 1 aromatic rings. The van der Waals surface area contributed by atoms with Crippen LogP contribution in [0.2, 0.25) is 0 Å². The lowest BCUT2D eigenvalue weighted by Crippen LogP contribution is -2.33. The van der Waals surface area contributed by atoms with Crippen LogP contribution >= 0.6 is 0 Å². The third-order valence-electron chi connectivity index (χ3n) is 4.03. The van der Waals surface area contributed by atoms with E-state index in [1.165, 1.54) is 0 Å². The van der Waals surface area contributed by atoms with Gasteiger partial charge in [0.15, 0.2) is 19.7 Å². The Morgan fingerprint density at radius 3 is 2.23 bits per heavy atom. The van der Waals surface area contributed by atoms with E-state index in [4.69, 9.17) is 0 Å². The minimum Gasteiger partial charge on any atom is -0.391 e. The third-order valence-corrected chi connectivity index (χ3v) is 8.29. The van der Waals surface area contributed by atoms with Crippen molar-refractivity contribution < 1.29 is 21.9 Å². The Balaban J connectivity index is 2.55. The fraction of sp³-hybridized carbons (Fsp3) is 0.600. The van der Waals surface area contributed by atoms with Crippen LogP contribution in [0.15, 0.2) is 23.1 Å². The molecule has 5 nitrogen and oxygen atoms in total. The predicted octanol–water partition coefficient (Wildman–Crippen LogP) is 1.22. The molecule has 1 aromatic carbocycles. The van der Waals surface area contributed by atoms with Crippen LogP contribution in [-0.4, -0.2) is 44.8 Å². The van der Waals surface area contributed by atoms with Crippen LogP contribution < -0.4 is 0 Å². The van der Waals surface area contributed by atoms with Crippen molar-refractivity contribution in [2.75, 3.05) is 11.5 Å². The monoisotopic (exact) mass is 346 g/mol. The van der Waals surface area contributed by atoms with Crippen LogP contribution in [0.1, 0.15) is 31.9 Å². The van der Waals surface area contributed by atoms with Crippen LogP contribution in [0.25, 0.3) is 0 Å². The van der Waals surface area contributed by atoms with E-state index in [9.17, 15) is 21.9 Å². The summed E-state index contributed by atoms with van der Waals surface area (Å²) in [6, 6.07) is 5.20. The Morgan fingerprint density at radius 1 is 1.18 bits per heavy atom. The van der Waals surface area contributed by atoms with Gasteiger partial charge in [-0.15, -0.1) is 0 Å². The number of aliphatic hydroxyl groups is 1. The van der Waals surface area contributed by atoms with Crippen molar-refractivity contribution >= 4 is 19.7 Å². The highest BCUT2D eigenvalue weighted by Gasteiger charge is 2.45. The van der Waals surface area contributed by atoms with E-state index in [2.05, 4.69) is 0 Å². The minimum absolute atomic E-state index is 0.112. The number of aryl methyl sites for hydroxylation is 1. The molecule has 1 N–H and O–H groups in total. The van der Waals surface area contributed by atoms with Gasteiger partial charge in [0.2, 0.25) is 0 Å². The van der Waals surface area contributed by atoms with Gasteiger partial charge >= 0.3 is 0 Å². The molecule has 22 heavy (non-hydrogen) atoms. The van der Waals surface area contributed by atoms with Gasteiger partial charge in [0.05, 0.1) is 22.5 Å². The summed E-state index contributed by atoms with van der Waals surface area (Å²) in [5, 5.41) is 8.60. The summed E-state index contributed by atoms with van der Waals surface area (Å²) >= 11 is 0. The number of hydrogen-bond donors (Lipinski definition) is 1. The molecule has 0 bridgehead atoms. The Bertz CT molecular complexity index is 786. The minimum atomic E-state index is -3.90. The average molecular weight is 346 g/mol. The zero-order valence-electron chi connectivity index (χ0n) is 13.2. The maximum absolute atomic E-state index is 12.8. The highest BCUT2D eigenvalue weighted by molar-refractivity contribution is 7.96. The van der Waals surface area contributed by atoms with Gasteiger partial charge < -0.3 is 5.11 Å². The zero-order valence-corrected chi connectivity index (χ0v) is 14.8. The van der Waals surface area contributed by atoms with Crippen molar-refractivity contribution in [1.29, 1.82) is 0 Å². The molecule has 1 aliphatic heterocycles. The Kier molecular flexibility index (Phi) is 4.21. The molecule has 0 unspecified atom stereocenters. The van der Waals surface area contributed by atoms with E-state index >= 15 is 0 Å². The highest BCUT2D eigenvalue weighted by Crippen LogP contribution is 2.31. The lowest BCUT2D eigenvalue weighted by molar-refractivity contribution is 0.204. The van der Waals surface area contributed by atoms with Crippen LogP contribution in [0, 0.1) is 6.92 Å². The second-order valence-corrected chi connectivity index (χ2v) is 11.2. The van der Waals surface area contributed by atoms with Crippen LogP contribution in [-0.2, 0) is 25.1 Å². The first-order valence-electron chi connectivity index (χ1n) is 7.08. The van der Waals surface area contributed by atoms with Crippen LogP contribution in [0.4, 0.5) is 0 Å². The topological polar surface area (TPSA) is 88.5 Å². The first kappa shape index (κ1) is 17.4. The van der Waals surface area contributed by atoms with Gasteiger partial charge in [-0.05, 0) is 29.5 Å². The van der Waals surface area contributed by atoms with E-state index in [1.54, 1.807) is 19.1 Å². The maximum atomic E-state index is 12.8. The number of sulfone groups is 2. The van der Waals surface area contributed by atoms with Gasteiger partial charge in [-0.1, -0.05) is 32.9 Å². The normalized spacial score (nSPS) is 25.3. The molecule has 1 fully saturated rings. The number of rotatable bonds is 2. The summed E-state index contributed by atoms with van der Waals surface area (Å²) in [7, 11) is -7.42. The molecule has 0 amide bonds. The van der Waals surface area contributed by atoms with Gasteiger partial charge in [-0.2, -0.15) is 0 Å². The van der Waals surface area contributed by atoms with Crippen molar-refractivity contribution in [2.24, 2.45) is 0 Å². The predicted molar refractivity (Wildman–Crippen MR) is 85.5 cm³/mol. The molecule has 2 atom stereocenters. The second kappa shape index (κ2) is 5.32. The lowest BCUT2D eigenvalue weighted by Gasteiger charge is -2.22. The summed E-state index contributed by atoms with van der Waals surface area (Å²) in [4.78, 5) is 0.112. The second-order valence-electron chi connectivity index (χ2n) is 6.96. The van der Waals surface area contributed by atoms with Crippen molar-refractivity contribution in [3.05, 3.63) is 29.3 Å². The highest BCUT2D eigenvalue weighted by atomic mass is 32.2. The molecule has 0 aliphatic carbocycles. The summed E-state index contributed by atoms with van der Waals surface area (Å²) < 4.78 is 48.8. The molecule has 0 spiro atoms. The number of benzene rings is 1. The zero-order chi connectivity index (χ0) is 16.9. The van der Waals surface area contributed by atoms with Gasteiger partial charge in [0.1, 0.15) is 5.25 Å². The lowest BCUT2D eigenvalue weighted by atomic mass is 9.87. The first-order valence-corrected chi connectivity index (χ1v) is 10.4. The molecule has 0 aromatic heterocycles. The molecule has 124 valence electrons. The summed E-state index contributed by atoms with van der Waals surface area (Å²) in [5.74, 6) is -1.01. The third kappa shape index (κ3) is 3.21. The molecule has 1 aliphatic rings. The number of hydrogen-bond acceptors (Lipinski definition) is 5. The summed E-state index contributed by atoms with van der Waals surface area (Å²) in [5.41, 5.74) is 1.19. The number of aliphatic hydroxyl groups excluding tert-OH is 1. The van der Waals surface area contributed by atoms with Crippen LogP contribution in [0.5, 0.6) is 0 Å².